The van der Waals surface area contributed by atoms with E-state index in [2.05, 4.69) is 18.7 Å². The number of hydrogen-bond donors (Lipinski definition) is 1. The van der Waals surface area contributed by atoms with Crippen molar-refractivity contribution in [2.75, 3.05) is 32.8 Å². The lowest BCUT2D eigenvalue weighted by molar-refractivity contribution is 0.0607. The van der Waals surface area contributed by atoms with E-state index < -0.39 is 0 Å². The molecule has 0 amide bonds. The van der Waals surface area contributed by atoms with Gasteiger partial charge in [0.1, 0.15) is 0 Å². The third-order valence-electron chi connectivity index (χ3n) is 4.95. The first kappa shape index (κ1) is 15.6. The van der Waals surface area contributed by atoms with Crippen molar-refractivity contribution in [3.05, 3.63) is 0 Å². The lowest BCUT2D eigenvalue weighted by atomic mass is 9.67. The molecule has 2 fully saturated rings. The van der Waals surface area contributed by atoms with Crippen molar-refractivity contribution in [1.82, 2.24) is 4.90 Å². The molecule has 4 heteroatoms. The Morgan fingerprint density at radius 1 is 1.40 bits per heavy atom. The fraction of sp³-hybridized carbons (Fsp3) is 0.938. The molecule has 0 unspecified atom stereocenters. The summed E-state index contributed by atoms with van der Waals surface area (Å²) >= 11 is 0. The van der Waals surface area contributed by atoms with Gasteiger partial charge in [-0.05, 0) is 50.4 Å². The summed E-state index contributed by atoms with van der Waals surface area (Å²) < 4.78 is 5.51. The van der Waals surface area contributed by atoms with Gasteiger partial charge in [-0.3, -0.25) is 4.99 Å². The van der Waals surface area contributed by atoms with Gasteiger partial charge >= 0.3 is 0 Å². The first-order valence-corrected chi connectivity index (χ1v) is 8.28. The number of likely N-dealkylation sites (tertiary alicyclic amines) is 1. The third kappa shape index (κ3) is 4.11. The van der Waals surface area contributed by atoms with Gasteiger partial charge in [-0.1, -0.05) is 13.3 Å². The van der Waals surface area contributed by atoms with E-state index in [1.165, 1.54) is 32.1 Å². The molecule has 1 saturated carbocycles. The fourth-order valence-corrected chi connectivity index (χ4v) is 3.34. The van der Waals surface area contributed by atoms with E-state index in [4.69, 9.17) is 15.5 Å². The second kappa shape index (κ2) is 7.30. The standard InChI is InChI=1S/C16H31N3O/c1-3-20-11-9-16(7-5-8-16)13-18-15(17)19-10-4-6-14(2)12-19/h14H,3-13H2,1-2H3,(H2,17,18)/t14-/m0/s1. The zero-order valence-corrected chi connectivity index (χ0v) is 13.2. The summed E-state index contributed by atoms with van der Waals surface area (Å²) in [4.78, 5) is 6.99. The molecule has 4 nitrogen and oxygen atoms in total. The molecule has 0 aromatic rings. The van der Waals surface area contributed by atoms with E-state index in [9.17, 15) is 0 Å². The van der Waals surface area contributed by atoms with Crippen LogP contribution in [-0.4, -0.2) is 43.7 Å². The van der Waals surface area contributed by atoms with E-state index >= 15 is 0 Å². The van der Waals surface area contributed by atoms with Crippen molar-refractivity contribution in [3.63, 3.8) is 0 Å². The predicted molar refractivity (Wildman–Crippen MR) is 83.9 cm³/mol. The number of hydrogen-bond acceptors (Lipinski definition) is 2. The molecule has 0 bridgehead atoms. The Balaban J connectivity index is 1.82. The minimum atomic E-state index is 0.376. The highest BCUT2D eigenvalue weighted by Crippen LogP contribution is 2.44. The van der Waals surface area contributed by atoms with Crippen LogP contribution in [0.5, 0.6) is 0 Å². The highest BCUT2D eigenvalue weighted by molar-refractivity contribution is 5.78. The molecule has 2 aliphatic rings. The van der Waals surface area contributed by atoms with Crippen LogP contribution in [-0.2, 0) is 4.74 Å². The monoisotopic (exact) mass is 281 g/mol. The van der Waals surface area contributed by atoms with E-state index in [-0.39, 0.29) is 0 Å². The second-order valence-corrected chi connectivity index (χ2v) is 6.67. The number of nitrogens with two attached hydrogens (primary N) is 1. The summed E-state index contributed by atoms with van der Waals surface area (Å²) in [7, 11) is 0. The van der Waals surface area contributed by atoms with Gasteiger partial charge in [-0.15, -0.1) is 0 Å². The van der Waals surface area contributed by atoms with Crippen molar-refractivity contribution in [1.29, 1.82) is 0 Å². The van der Waals surface area contributed by atoms with Gasteiger partial charge < -0.3 is 15.4 Å². The number of guanidine groups is 1. The lowest BCUT2D eigenvalue weighted by Crippen LogP contribution is -2.44. The molecule has 20 heavy (non-hydrogen) atoms. The maximum atomic E-state index is 6.20. The van der Waals surface area contributed by atoms with E-state index in [0.29, 0.717) is 5.41 Å². The molecule has 1 saturated heterocycles. The first-order chi connectivity index (χ1) is 9.65. The summed E-state index contributed by atoms with van der Waals surface area (Å²) in [5, 5.41) is 0. The summed E-state index contributed by atoms with van der Waals surface area (Å²) in [5.74, 6) is 1.51. The number of nitrogens with zero attached hydrogens (tertiary/aromatic N) is 2. The summed E-state index contributed by atoms with van der Waals surface area (Å²) in [5.41, 5.74) is 6.57. The zero-order valence-electron chi connectivity index (χ0n) is 13.2. The molecular formula is C16H31N3O. The van der Waals surface area contributed by atoms with Crippen molar-refractivity contribution in [2.45, 2.75) is 52.4 Å². The second-order valence-electron chi connectivity index (χ2n) is 6.67. The van der Waals surface area contributed by atoms with Crippen LogP contribution >= 0.6 is 0 Å². The molecule has 0 spiro atoms. The Morgan fingerprint density at radius 2 is 2.20 bits per heavy atom. The Morgan fingerprint density at radius 3 is 2.80 bits per heavy atom. The van der Waals surface area contributed by atoms with E-state index in [1.54, 1.807) is 0 Å². The fourth-order valence-electron chi connectivity index (χ4n) is 3.34. The molecule has 1 aliphatic carbocycles. The van der Waals surface area contributed by atoms with Crippen molar-refractivity contribution in [3.8, 4) is 0 Å². The van der Waals surface area contributed by atoms with Crippen LogP contribution in [0.15, 0.2) is 4.99 Å². The van der Waals surface area contributed by atoms with E-state index in [0.717, 1.165) is 51.1 Å². The van der Waals surface area contributed by atoms with Gasteiger partial charge in [0.2, 0.25) is 0 Å². The number of ether oxygens (including phenoxy) is 1. The first-order valence-electron chi connectivity index (χ1n) is 8.28. The quantitative estimate of drug-likeness (QED) is 0.462. The van der Waals surface area contributed by atoms with Gasteiger partial charge in [0.15, 0.2) is 5.96 Å². The SMILES string of the molecule is CCOCCC1(CN=C(N)N2CCC[C@H](C)C2)CCC1. The van der Waals surface area contributed by atoms with Gasteiger partial charge in [0, 0.05) is 32.8 Å². The minimum absolute atomic E-state index is 0.376. The number of piperidine rings is 1. The van der Waals surface area contributed by atoms with Crippen LogP contribution in [0.1, 0.15) is 52.4 Å². The summed E-state index contributed by atoms with van der Waals surface area (Å²) in [6.07, 6.45) is 7.60. The summed E-state index contributed by atoms with van der Waals surface area (Å²) in [6.45, 7) is 9.07. The van der Waals surface area contributed by atoms with Gasteiger partial charge in [0.05, 0.1) is 0 Å². The van der Waals surface area contributed by atoms with Crippen LogP contribution in [0.2, 0.25) is 0 Å². The number of aliphatic imine (C=N–C) groups is 1. The maximum absolute atomic E-state index is 6.20. The predicted octanol–water partition coefficient (Wildman–Crippen LogP) is 2.63. The molecule has 0 aromatic carbocycles. The Kier molecular flexibility index (Phi) is 5.70. The van der Waals surface area contributed by atoms with E-state index in [1.807, 2.05) is 0 Å². The van der Waals surface area contributed by atoms with Gasteiger partial charge in [0.25, 0.3) is 0 Å². The largest absolute Gasteiger partial charge is 0.382 e. The highest BCUT2D eigenvalue weighted by atomic mass is 16.5. The van der Waals surface area contributed by atoms with Crippen molar-refractivity contribution in [2.24, 2.45) is 22.1 Å². The van der Waals surface area contributed by atoms with Crippen LogP contribution in [0.25, 0.3) is 0 Å². The Bertz CT molecular complexity index is 326. The Labute approximate surface area is 123 Å². The molecule has 1 atom stereocenters. The van der Waals surface area contributed by atoms with Crippen LogP contribution in [0.4, 0.5) is 0 Å². The average Bonchev–Trinajstić information content (AvgIpc) is 2.40. The maximum Gasteiger partial charge on any atom is 0.191 e. The van der Waals surface area contributed by atoms with Crippen LogP contribution in [0.3, 0.4) is 0 Å². The molecular weight excluding hydrogens is 250 g/mol. The molecule has 2 N–H and O–H groups in total. The van der Waals surface area contributed by atoms with Gasteiger partial charge in [-0.2, -0.15) is 0 Å². The number of rotatable bonds is 6. The molecule has 116 valence electrons. The van der Waals surface area contributed by atoms with Crippen molar-refractivity contribution >= 4 is 5.96 Å². The van der Waals surface area contributed by atoms with Gasteiger partial charge in [-0.25, -0.2) is 0 Å². The Hall–Kier alpha value is -0.770. The molecule has 2 rings (SSSR count). The highest BCUT2D eigenvalue weighted by Gasteiger charge is 2.36. The molecule has 1 heterocycles. The topological polar surface area (TPSA) is 50.9 Å². The molecule has 0 radical (unpaired) electrons. The van der Waals surface area contributed by atoms with Crippen molar-refractivity contribution < 1.29 is 4.74 Å². The minimum Gasteiger partial charge on any atom is -0.382 e. The normalized spacial score (nSPS) is 26.4. The average molecular weight is 281 g/mol. The van der Waals surface area contributed by atoms with Crippen LogP contribution in [0, 0.1) is 11.3 Å². The lowest BCUT2D eigenvalue weighted by Gasteiger charge is -2.41. The summed E-state index contributed by atoms with van der Waals surface area (Å²) in [6, 6.07) is 0. The molecule has 1 aliphatic heterocycles. The van der Waals surface area contributed by atoms with Crippen LogP contribution < -0.4 is 5.73 Å². The zero-order chi connectivity index (χ0) is 14.4. The third-order valence-corrected chi connectivity index (χ3v) is 4.95. The molecule has 0 aromatic heterocycles. The smallest absolute Gasteiger partial charge is 0.191 e.